The number of benzene rings is 3. The minimum absolute atomic E-state index is 0.00874. The van der Waals surface area contributed by atoms with Crippen LogP contribution in [0.25, 0.3) is 10.8 Å². The average Bonchev–Trinajstić information content (AvgIpc) is 2.97. The number of amides is 2. The van der Waals surface area contributed by atoms with E-state index in [9.17, 15) is 36.3 Å². The summed E-state index contributed by atoms with van der Waals surface area (Å²) in [5.74, 6) is -2.64. The van der Waals surface area contributed by atoms with Crippen LogP contribution in [-0.2, 0) is 19.6 Å². The van der Waals surface area contributed by atoms with E-state index in [1.807, 2.05) is 38.1 Å². The predicted molar refractivity (Wildman–Crippen MR) is 168 cm³/mol. The highest BCUT2D eigenvalue weighted by Gasteiger charge is 2.33. The van der Waals surface area contributed by atoms with Gasteiger partial charge in [0.1, 0.15) is 6.42 Å². The number of nitrogens with zero attached hydrogens (tertiary/aromatic N) is 1. The molecule has 0 fully saturated rings. The van der Waals surface area contributed by atoms with Crippen LogP contribution in [0.15, 0.2) is 71.6 Å². The first kappa shape index (κ1) is 35.8. The molecule has 45 heavy (non-hydrogen) atoms. The highest BCUT2D eigenvalue weighted by atomic mass is 32.2. The predicted octanol–water partition coefficient (Wildman–Crippen LogP) is 4.57. The topological polar surface area (TPSA) is 142 Å². The molecule has 0 aliphatic heterocycles. The Morgan fingerprint density at radius 3 is 2.24 bits per heavy atom. The molecule has 3 rings (SSSR count). The molecule has 3 aromatic rings. The fraction of sp³-hybridized carbons (Fsp3) is 0.438. The minimum Gasteiger partial charge on any atom is -0.399 e. The van der Waals surface area contributed by atoms with Crippen molar-refractivity contribution < 1.29 is 36.3 Å². The van der Waals surface area contributed by atoms with Crippen LogP contribution in [0.1, 0.15) is 51.0 Å². The van der Waals surface area contributed by atoms with Crippen molar-refractivity contribution in [3.8, 4) is 0 Å². The summed E-state index contributed by atoms with van der Waals surface area (Å²) in [5, 5.41) is 16.9. The lowest BCUT2D eigenvalue weighted by Gasteiger charge is -2.31. The lowest BCUT2D eigenvalue weighted by atomic mass is 9.95. The van der Waals surface area contributed by atoms with Gasteiger partial charge in [-0.25, -0.2) is 8.42 Å². The van der Waals surface area contributed by atoms with Gasteiger partial charge in [0.2, 0.25) is 21.8 Å². The number of nitrogens with two attached hydrogens (primary N) is 1. The van der Waals surface area contributed by atoms with Crippen LogP contribution in [0.2, 0.25) is 0 Å². The van der Waals surface area contributed by atoms with Gasteiger partial charge in [-0.2, -0.15) is 17.5 Å². The summed E-state index contributed by atoms with van der Waals surface area (Å²) < 4.78 is 66.3. The quantitative estimate of drug-likeness (QED) is 0.132. The molecule has 0 saturated heterocycles. The third-order valence-electron chi connectivity index (χ3n) is 7.27. The molecule has 0 bridgehead atoms. The first-order chi connectivity index (χ1) is 21.2. The van der Waals surface area contributed by atoms with Crippen molar-refractivity contribution in [2.75, 3.05) is 32.0 Å². The van der Waals surface area contributed by atoms with Gasteiger partial charge in [0.25, 0.3) is 0 Å². The lowest BCUT2D eigenvalue weighted by Crippen LogP contribution is -2.44. The Morgan fingerprint density at radius 2 is 1.62 bits per heavy atom. The lowest BCUT2D eigenvalue weighted by molar-refractivity contribution is -0.153. The molecule has 246 valence electrons. The minimum atomic E-state index is -4.67. The number of hydrogen-bond acceptors (Lipinski definition) is 6. The number of nitrogens with one attached hydrogen (secondary N) is 2. The SMILES string of the molecule is CC(C)CN(C(CO)CCCCNC(=O)C(CNC(=O)CC(F)(F)F)c1ccc2ccccc2c1)S(=O)(=O)c1ccc(N)cc1. The van der Waals surface area contributed by atoms with E-state index < -0.39 is 53.0 Å². The molecule has 2 atom stereocenters. The van der Waals surface area contributed by atoms with Gasteiger partial charge in [0, 0.05) is 31.4 Å². The molecule has 0 spiro atoms. The van der Waals surface area contributed by atoms with Crippen molar-refractivity contribution in [1.82, 2.24) is 14.9 Å². The Bertz CT molecular complexity index is 1530. The zero-order valence-corrected chi connectivity index (χ0v) is 26.2. The Balaban J connectivity index is 1.65. The molecule has 2 unspecified atom stereocenters. The largest absolute Gasteiger partial charge is 0.399 e. The number of aliphatic hydroxyl groups is 1. The van der Waals surface area contributed by atoms with Crippen molar-refractivity contribution in [3.63, 3.8) is 0 Å². The monoisotopic (exact) mass is 650 g/mol. The molecule has 0 radical (unpaired) electrons. The van der Waals surface area contributed by atoms with E-state index in [4.69, 9.17) is 5.73 Å². The molecule has 13 heteroatoms. The number of carbonyl (C=O) groups excluding carboxylic acids is 2. The number of rotatable bonds is 16. The maximum atomic E-state index is 13.5. The molecule has 3 aromatic carbocycles. The summed E-state index contributed by atoms with van der Waals surface area (Å²) in [6, 6.07) is 17.9. The first-order valence-corrected chi connectivity index (χ1v) is 16.2. The number of alkyl halides is 3. The second-order valence-electron chi connectivity index (χ2n) is 11.4. The smallest absolute Gasteiger partial charge is 0.397 e. The molecule has 9 nitrogen and oxygen atoms in total. The highest BCUT2D eigenvalue weighted by Crippen LogP contribution is 2.25. The van der Waals surface area contributed by atoms with Crippen LogP contribution < -0.4 is 16.4 Å². The van der Waals surface area contributed by atoms with Gasteiger partial charge in [0.05, 0.1) is 17.4 Å². The number of aliphatic hydroxyl groups excluding tert-OH is 1. The van der Waals surface area contributed by atoms with Gasteiger partial charge in [-0.3, -0.25) is 9.59 Å². The van der Waals surface area contributed by atoms with Crippen LogP contribution in [0.5, 0.6) is 0 Å². The van der Waals surface area contributed by atoms with Crippen LogP contribution in [-0.4, -0.2) is 68.1 Å². The fourth-order valence-corrected chi connectivity index (χ4v) is 6.80. The van der Waals surface area contributed by atoms with Gasteiger partial charge in [-0.1, -0.05) is 62.7 Å². The Hall–Kier alpha value is -3.68. The molecular weight excluding hydrogens is 609 g/mol. The molecule has 0 heterocycles. The third-order valence-corrected chi connectivity index (χ3v) is 9.20. The van der Waals surface area contributed by atoms with Crippen LogP contribution in [0, 0.1) is 5.92 Å². The Morgan fingerprint density at radius 1 is 0.956 bits per heavy atom. The number of nitrogen functional groups attached to an aromatic ring is 1. The maximum absolute atomic E-state index is 13.5. The second-order valence-corrected chi connectivity index (χ2v) is 13.3. The number of anilines is 1. The van der Waals surface area contributed by atoms with Gasteiger partial charge < -0.3 is 21.5 Å². The number of carbonyl (C=O) groups is 2. The zero-order chi connectivity index (χ0) is 33.2. The fourth-order valence-electron chi connectivity index (χ4n) is 4.99. The number of hydrogen-bond donors (Lipinski definition) is 4. The number of unbranched alkanes of at least 4 members (excludes halogenated alkanes) is 1. The van der Waals surface area contributed by atoms with Crippen molar-refractivity contribution in [2.24, 2.45) is 5.92 Å². The van der Waals surface area contributed by atoms with Crippen molar-refractivity contribution in [3.05, 3.63) is 72.3 Å². The summed E-state index contributed by atoms with van der Waals surface area (Å²) in [4.78, 5) is 25.2. The summed E-state index contributed by atoms with van der Waals surface area (Å²) in [5.41, 5.74) is 6.68. The molecule has 0 aliphatic carbocycles. The molecule has 0 aromatic heterocycles. The maximum Gasteiger partial charge on any atom is 0.397 e. The summed E-state index contributed by atoms with van der Waals surface area (Å²) in [7, 11) is -3.92. The highest BCUT2D eigenvalue weighted by molar-refractivity contribution is 7.89. The number of fused-ring (bicyclic) bond motifs is 1. The summed E-state index contributed by atoms with van der Waals surface area (Å²) in [6.45, 7) is 3.45. The molecular formula is C32H41F3N4O5S. The molecule has 0 saturated carbocycles. The van der Waals surface area contributed by atoms with E-state index in [-0.39, 0.29) is 30.4 Å². The van der Waals surface area contributed by atoms with E-state index in [1.54, 1.807) is 18.2 Å². The molecule has 5 N–H and O–H groups in total. The van der Waals surface area contributed by atoms with Crippen LogP contribution in [0.4, 0.5) is 18.9 Å². The van der Waals surface area contributed by atoms with E-state index >= 15 is 0 Å². The average molecular weight is 651 g/mol. The van der Waals surface area contributed by atoms with Crippen LogP contribution >= 0.6 is 0 Å². The Kier molecular flexibility index (Phi) is 12.8. The normalized spacial score (nSPS) is 13.6. The van der Waals surface area contributed by atoms with Gasteiger partial charge in [-0.05, 0) is 59.4 Å². The standard InChI is InChI=1S/C32H41F3N4O5S/c1-22(2)20-39(45(43,44)28-14-12-26(36)13-15-28)27(21-40)9-5-6-16-37-31(42)29(19-38-30(41)18-32(33,34)35)25-11-10-23-7-3-4-8-24(23)17-25/h3-4,7-8,10-15,17,22,27,29,40H,5-6,9,16,18-21,36H2,1-2H3,(H,37,42)(H,38,41). The van der Waals surface area contributed by atoms with Crippen molar-refractivity contribution >= 4 is 38.3 Å². The van der Waals surface area contributed by atoms with E-state index in [2.05, 4.69) is 10.6 Å². The van der Waals surface area contributed by atoms with E-state index in [1.165, 1.54) is 28.6 Å². The number of sulfonamides is 1. The molecule has 2 amide bonds. The summed E-state index contributed by atoms with van der Waals surface area (Å²) in [6.07, 6.45) is -5.07. The van der Waals surface area contributed by atoms with Crippen LogP contribution in [0.3, 0.4) is 0 Å². The van der Waals surface area contributed by atoms with Crippen molar-refractivity contribution in [2.45, 2.75) is 62.6 Å². The molecule has 0 aliphatic rings. The number of halogens is 3. The van der Waals surface area contributed by atoms with Gasteiger partial charge in [-0.15, -0.1) is 0 Å². The third kappa shape index (κ3) is 10.7. The first-order valence-electron chi connectivity index (χ1n) is 14.8. The second kappa shape index (κ2) is 16.1. The van der Waals surface area contributed by atoms with E-state index in [0.29, 0.717) is 30.5 Å². The van der Waals surface area contributed by atoms with E-state index in [0.717, 1.165) is 10.8 Å². The zero-order valence-electron chi connectivity index (χ0n) is 25.4. The summed E-state index contributed by atoms with van der Waals surface area (Å²) >= 11 is 0. The van der Waals surface area contributed by atoms with Gasteiger partial charge >= 0.3 is 6.18 Å². The van der Waals surface area contributed by atoms with Crippen molar-refractivity contribution in [1.29, 1.82) is 0 Å². The van der Waals surface area contributed by atoms with Gasteiger partial charge in [0.15, 0.2) is 0 Å². The Labute approximate surface area is 262 Å².